The second-order valence-electron chi connectivity index (χ2n) is 6.07. The summed E-state index contributed by atoms with van der Waals surface area (Å²) in [5, 5.41) is 0. The second kappa shape index (κ2) is 6.05. The van der Waals surface area contributed by atoms with E-state index in [1.807, 2.05) is 0 Å². The van der Waals surface area contributed by atoms with Gasteiger partial charge in [0.15, 0.2) is 0 Å². The Kier molecular flexibility index (Phi) is 4.66. The monoisotopic (exact) mass is 252 g/mol. The summed E-state index contributed by atoms with van der Waals surface area (Å²) >= 11 is 0. The highest BCUT2D eigenvalue weighted by Gasteiger charge is 2.43. The van der Waals surface area contributed by atoms with Crippen LogP contribution in [0.25, 0.3) is 0 Å². The summed E-state index contributed by atoms with van der Waals surface area (Å²) in [5.41, 5.74) is 5.68. The number of piperidine rings is 1. The molecule has 1 unspecified atom stereocenters. The Hall–Kier alpha value is -0.570. The minimum atomic E-state index is -0.0236. The number of rotatable bonds is 4. The molecule has 2 fully saturated rings. The first-order chi connectivity index (χ1) is 8.73. The van der Waals surface area contributed by atoms with E-state index < -0.39 is 0 Å². The number of amides is 1. The van der Waals surface area contributed by atoms with E-state index in [0.29, 0.717) is 18.5 Å². The maximum Gasteiger partial charge on any atom is 0.229 e. The van der Waals surface area contributed by atoms with Gasteiger partial charge in [0.25, 0.3) is 0 Å². The van der Waals surface area contributed by atoms with Gasteiger partial charge in [-0.1, -0.05) is 19.8 Å². The van der Waals surface area contributed by atoms with Gasteiger partial charge in [-0.15, -0.1) is 0 Å². The van der Waals surface area contributed by atoms with Gasteiger partial charge in [0.1, 0.15) is 0 Å². The molecule has 0 bridgehead atoms. The van der Waals surface area contributed by atoms with Crippen LogP contribution in [-0.4, -0.2) is 29.9 Å². The molecule has 1 aliphatic carbocycles. The largest absolute Gasteiger partial charge is 0.339 e. The summed E-state index contributed by atoms with van der Waals surface area (Å²) in [5.74, 6) is 0.445. The van der Waals surface area contributed by atoms with Gasteiger partial charge in [-0.2, -0.15) is 0 Å². The molecule has 0 radical (unpaired) electrons. The molecular weight excluding hydrogens is 224 g/mol. The van der Waals surface area contributed by atoms with Crippen molar-refractivity contribution in [1.82, 2.24) is 4.90 Å². The summed E-state index contributed by atoms with van der Waals surface area (Å²) in [6.45, 7) is 3.85. The molecule has 0 spiro atoms. The van der Waals surface area contributed by atoms with Gasteiger partial charge in [0.2, 0.25) is 5.91 Å². The summed E-state index contributed by atoms with van der Waals surface area (Å²) in [6, 6.07) is 0.417. The number of hydrogen-bond donors (Lipinski definition) is 1. The van der Waals surface area contributed by atoms with Gasteiger partial charge < -0.3 is 10.6 Å². The normalized spacial score (nSPS) is 27.4. The van der Waals surface area contributed by atoms with Crippen LogP contribution >= 0.6 is 0 Å². The van der Waals surface area contributed by atoms with Crippen LogP contribution in [0.15, 0.2) is 0 Å². The molecule has 1 aliphatic heterocycles. The molecule has 1 amide bonds. The number of nitrogens with two attached hydrogens (primary N) is 1. The van der Waals surface area contributed by atoms with Crippen LogP contribution in [0.1, 0.15) is 64.7 Å². The Morgan fingerprint density at radius 2 is 2.00 bits per heavy atom. The molecule has 2 N–H and O–H groups in total. The van der Waals surface area contributed by atoms with Crippen molar-refractivity contribution in [1.29, 1.82) is 0 Å². The molecule has 2 rings (SSSR count). The van der Waals surface area contributed by atoms with E-state index in [1.54, 1.807) is 0 Å². The Bertz CT molecular complexity index is 282. The van der Waals surface area contributed by atoms with Crippen LogP contribution in [0, 0.1) is 5.41 Å². The Balaban J connectivity index is 2.09. The Morgan fingerprint density at radius 3 is 2.61 bits per heavy atom. The van der Waals surface area contributed by atoms with Crippen LogP contribution in [-0.2, 0) is 4.79 Å². The maximum atomic E-state index is 12.9. The first-order valence-corrected chi connectivity index (χ1v) is 7.74. The average Bonchev–Trinajstić information content (AvgIpc) is 2.89. The van der Waals surface area contributed by atoms with Crippen LogP contribution in [0.2, 0.25) is 0 Å². The maximum absolute atomic E-state index is 12.9. The average molecular weight is 252 g/mol. The van der Waals surface area contributed by atoms with Gasteiger partial charge in [-0.25, -0.2) is 0 Å². The van der Waals surface area contributed by atoms with E-state index >= 15 is 0 Å². The van der Waals surface area contributed by atoms with Crippen LogP contribution in [0.4, 0.5) is 0 Å². The molecule has 3 heteroatoms. The van der Waals surface area contributed by atoms with Crippen molar-refractivity contribution in [2.24, 2.45) is 11.1 Å². The third kappa shape index (κ3) is 2.56. The van der Waals surface area contributed by atoms with Crippen LogP contribution in [0.5, 0.6) is 0 Å². The lowest BCUT2D eigenvalue weighted by atomic mass is 9.80. The fourth-order valence-corrected chi connectivity index (χ4v) is 3.84. The van der Waals surface area contributed by atoms with Crippen LogP contribution in [0.3, 0.4) is 0 Å². The molecule has 1 saturated heterocycles. The third-order valence-corrected chi connectivity index (χ3v) is 5.08. The minimum absolute atomic E-state index is 0.0236. The first kappa shape index (κ1) is 13.9. The topological polar surface area (TPSA) is 46.3 Å². The number of carbonyl (C=O) groups is 1. The van der Waals surface area contributed by atoms with E-state index in [4.69, 9.17) is 5.73 Å². The predicted octanol–water partition coefficient (Wildman–Crippen LogP) is 2.69. The van der Waals surface area contributed by atoms with Crippen molar-refractivity contribution in [2.45, 2.75) is 70.8 Å². The molecule has 0 aromatic carbocycles. The fraction of sp³-hybridized carbons (Fsp3) is 0.933. The summed E-state index contributed by atoms with van der Waals surface area (Å²) in [7, 11) is 0. The van der Waals surface area contributed by atoms with E-state index in [2.05, 4.69) is 11.8 Å². The van der Waals surface area contributed by atoms with E-state index in [-0.39, 0.29) is 5.41 Å². The highest BCUT2D eigenvalue weighted by Crippen LogP contribution is 2.43. The number of nitrogens with zero attached hydrogens (tertiary/aromatic N) is 1. The predicted molar refractivity (Wildman–Crippen MR) is 74.2 cm³/mol. The SMILES string of the molecule is CCC1(C(=O)N2CCCCC2CCN)CCCC1. The number of likely N-dealkylation sites (tertiary alicyclic amines) is 1. The standard InChI is InChI=1S/C15H28N2O/c1-2-15(9-4-5-10-15)14(18)17-12-6-3-7-13(17)8-11-16/h13H,2-12,16H2,1H3. The number of carbonyl (C=O) groups excluding carboxylic acids is 1. The molecule has 1 heterocycles. The highest BCUT2D eigenvalue weighted by atomic mass is 16.2. The van der Waals surface area contributed by atoms with Gasteiger partial charge in [0, 0.05) is 18.0 Å². The van der Waals surface area contributed by atoms with E-state index in [1.165, 1.54) is 25.7 Å². The third-order valence-electron chi connectivity index (χ3n) is 5.08. The van der Waals surface area contributed by atoms with Crippen molar-refractivity contribution in [3.05, 3.63) is 0 Å². The molecule has 0 aromatic heterocycles. The molecular formula is C15H28N2O. The smallest absolute Gasteiger partial charge is 0.229 e. The molecule has 0 aromatic rings. The van der Waals surface area contributed by atoms with Gasteiger partial charge in [-0.3, -0.25) is 4.79 Å². The quantitative estimate of drug-likeness (QED) is 0.836. The van der Waals surface area contributed by atoms with Gasteiger partial charge in [-0.05, 0) is 51.5 Å². The Labute approximate surface area is 111 Å². The zero-order valence-electron chi connectivity index (χ0n) is 11.8. The van der Waals surface area contributed by atoms with Crippen molar-refractivity contribution in [2.75, 3.05) is 13.1 Å². The summed E-state index contributed by atoms with van der Waals surface area (Å²) in [6.07, 6.45) is 10.2. The summed E-state index contributed by atoms with van der Waals surface area (Å²) < 4.78 is 0. The first-order valence-electron chi connectivity index (χ1n) is 7.74. The second-order valence-corrected chi connectivity index (χ2v) is 6.07. The van der Waals surface area contributed by atoms with Crippen molar-refractivity contribution in [3.63, 3.8) is 0 Å². The molecule has 1 atom stereocenters. The van der Waals surface area contributed by atoms with Crippen LogP contribution < -0.4 is 5.73 Å². The van der Waals surface area contributed by atoms with Gasteiger partial charge >= 0.3 is 0 Å². The molecule has 18 heavy (non-hydrogen) atoms. The minimum Gasteiger partial charge on any atom is -0.339 e. The lowest BCUT2D eigenvalue weighted by Crippen LogP contribution is -2.50. The van der Waals surface area contributed by atoms with Crippen molar-refractivity contribution < 1.29 is 4.79 Å². The highest BCUT2D eigenvalue weighted by molar-refractivity contribution is 5.83. The lowest BCUT2D eigenvalue weighted by molar-refractivity contribution is -0.146. The Morgan fingerprint density at radius 1 is 1.28 bits per heavy atom. The van der Waals surface area contributed by atoms with Crippen molar-refractivity contribution in [3.8, 4) is 0 Å². The lowest BCUT2D eigenvalue weighted by Gasteiger charge is -2.41. The van der Waals surface area contributed by atoms with Gasteiger partial charge in [0.05, 0.1) is 0 Å². The zero-order valence-corrected chi connectivity index (χ0v) is 11.8. The molecule has 2 aliphatic rings. The van der Waals surface area contributed by atoms with E-state index in [0.717, 1.165) is 38.6 Å². The van der Waals surface area contributed by atoms with E-state index in [9.17, 15) is 4.79 Å². The molecule has 1 saturated carbocycles. The molecule has 3 nitrogen and oxygen atoms in total. The molecule has 104 valence electrons. The fourth-order valence-electron chi connectivity index (χ4n) is 3.84. The van der Waals surface area contributed by atoms with Crippen molar-refractivity contribution >= 4 is 5.91 Å². The summed E-state index contributed by atoms with van der Waals surface area (Å²) in [4.78, 5) is 15.1. The number of hydrogen-bond acceptors (Lipinski definition) is 2. The zero-order chi connectivity index (χ0) is 13.0.